The van der Waals surface area contributed by atoms with E-state index in [1.54, 1.807) is 31.2 Å². The van der Waals surface area contributed by atoms with E-state index < -0.39 is 17.8 Å². The number of rotatable bonds is 3. The number of imide groups is 1. The number of hydrogen-bond donors (Lipinski definition) is 0. The normalized spacial score (nSPS) is 15.6. The van der Waals surface area contributed by atoms with E-state index in [9.17, 15) is 14.4 Å². The fraction of sp³-hybridized carbons (Fsp3) is 0.286. The number of thiophene rings is 1. The van der Waals surface area contributed by atoms with Crippen LogP contribution in [0.4, 0.5) is 5.00 Å². The van der Waals surface area contributed by atoms with Crippen molar-refractivity contribution in [3.05, 3.63) is 51.7 Å². The lowest BCUT2D eigenvalue weighted by Gasteiger charge is -2.14. The summed E-state index contributed by atoms with van der Waals surface area (Å²) in [6.45, 7) is 1.96. The Hall–Kier alpha value is -3.13. The zero-order chi connectivity index (χ0) is 20.1. The summed E-state index contributed by atoms with van der Waals surface area (Å²) in [6, 6.07) is 7.09. The lowest BCUT2D eigenvalue weighted by molar-refractivity contribution is 0.0526. The maximum absolute atomic E-state index is 13.2. The first-order valence-electron chi connectivity index (χ1n) is 9.57. The molecule has 146 valence electrons. The van der Waals surface area contributed by atoms with Gasteiger partial charge in [0.05, 0.1) is 23.2 Å². The van der Waals surface area contributed by atoms with E-state index in [1.807, 2.05) is 0 Å². The van der Waals surface area contributed by atoms with Crippen molar-refractivity contribution < 1.29 is 19.1 Å². The van der Waals surface area contributed by atoms with Crippen molar-refractivity contribution in [3.63, 3.8) is 0 Å². The molecule has 7 nitrogen and oxygen atoms in total. The third-order valence-electron chi connectivity index (χ3n) is 5.22. The van der Waals surface area contributed by atoms with Crippen LogP contribution in [0.15, 0.2) is 24.3 Å². The van der Waals surface area contributed by atoms with Crippen molar-refractivity contribution in [2.75, 3.05) is 11.5 Å². The summed E-state index contributed by atoms with van der Waals surface area (Å²) in [4.78, 5) is 49.9. The van der Waals surface area contributed by atoms with Crippen molar-refractivity contribution in [3.8, 4) is 0 Å². The van der Waals surface area contributed by atoms with Gasteiger partial charge < -0.3 is 4.74 Å². The second-order valence-electron chi connectivity index (χ2n) is 6.97. The van der Waals surface area contributed by atoms with Gasteiger partial charge in [-0.2, -0.15) is 0 Å². The molecule has 0 saturated heterocycles. The van der Waals surface area contributed by atoms with Crippen LogP contribution in [0.1, 0.15) is 61.5 Å². The van der Waals surface area contributed by atoms with E-state index in [4.69, 9.17) is 4.74 Å². The maximum Gasteiger partial charge on any atom is 0.341 e. The number of nitrogens with zero attached hydrogens (tertiary/aromatic N) is 3. The summed E-state index contributed by atoms with van der Waals surface area (Å²) in [5.41, 5.74) is 2.38. The van der Waals surface area contributed by atoms with Crippen LogP contribution in [0.25, 0.3) is 11.0 Å². The summed E-state index contributed by atoms with van der Waals surface area (Å²) >= 11 is 1.32. The summed E-state index contributed by atoms with van der Waals surface area (Å²) in [5.74, 6) is -1.59. The topological polar surface area (TPSA) is 89.5 Å². The highest BCUT2D eigenvalue weighted by molar-refractivity contribution is 7.17. The van der Waals surface area contributed by atoms with Gasteiger partial charge in [-0.1, -0.05) is 12.1 Å². The third kappa shape index (κ3) is 2.66. The van der Waals surface area contributed by atoms with E-state index in [0.29, 0.717) is 21.6 Å². The fourth-order valence-corrected chi connectivity index (χ4v) is 5.28. The van der Waals surface area contributed by atoms with Gasteiger partial charge in [0.1, 0.15) is 5.00 Å². The van der Waals surface area contributed by atoms with Gasteiger partial charge in [0.15, 0.2) is 11.4 Å². The number of aromatic nitrogens is 2. The highest BCUT2D eigenvalue weighted by Crippen LogP contribution is 2.43. The summed E-state index contributed by atoms with van der Waals surface area (Å²) in [6.07, 6.45) is 3.55. The number of aryl methyl sites for hydroxylation is 1. The quantitative estimate of drug-likeness (QED) is 0.487. The molecule has 0 N–H and O–H groups in total. The smallest absolute Gasteiger partial charge is 0.341 e. The van der Waals surface area contributed by atoms with Gasteiger partial charge in [0.25, 0.3) is 11.8 Å². The van der Waals surface area contributed by atoms with Crippen molar-refractivity contribution in [1.82, 2.24) is 9.97 Å². The first kappa shape index (κ1) is 17.9. The second kappa shape index (κ2) is 6.73. The number of carbonyl (C=O) groups is 3. The lowest BCUT2D eigenvalue weighted by atomic mass is 9.95. The van der Waals surface area contributed by atoms with Crippen LogP contribution in [-0.2, 0) is 17.6 Å². The predicted molar refractivity (Wildman–Crippen MR) is 108 cm³/mol. The number of amides is 2. The van der Waals surface area contributed by atoms with E-state index in [2.05, 4.69) is 9.97 Å². The average Bonchev–Trinajstić information content (AvgIpc) is 3.22. The van der Waals surface area contributed by atoms with Gasteiger partial charge in [-0.25, -0.2) is 19.7 Å². The molecule has 0 spiro atoms. The van der Waals surface area contributed by atoms with Crippen molar-refractivity contribution in [1.29, 1.82) is 0 Å². The molecule has 8 heteroatoms. The molecule has 3 heterocycles. The molecule has 29 heavy (non-hydrogen) atoms. The minimum Gasteiger partial charge on any atom is -0.462 e. The summed E-state index contributed by atoms with van der Waals surface area (Å²) < 4.78 is 5.25. The zero-order valence-electron chi connectivity index (χ0n) is 15.7. The lowest BCUT2D eigenvalue weighted by Crippen LogP contribution is -2.30. The van der Waals surface area contributed by atoms with Crippen molar-refractivity contribution >= 4 is 45.2 Å². The Morgan fingerprint density at radius 3 is 2.31 bits per heavy atom. The van der Waals surface area contributed by atoms with Crippen LogP contribution >= 0.6 is 11.3 Å². The first-order chi connectivity index (χ1) is 14.1. The molecule has 5 rings (SSSR count). The van der Waals surface area contributed by atoms with Gasteiger partial charge in [-0.3, -0.25) is 9.59 Å². The number of esters is 1. The molecule has 0 atom stereocenters. The molecule has 0 fully saturated rings. The fourth-order valence-electron chi connectivity index (χ4n) is 3.91. The monoisotopic (exact) mass is 407 g/mol. The van der Waals surface area contributed by atoms with E-state index in [0.717, 1.165) is 41.0 Å². The highest BCUT2D eigenvalue weighted by atomic mass is 32.1. The predicted octanol–water partition coefficient (Wildman–Crippen LogP) is 3.55. The highest BCUT2D eigenvalue weighted by Gasteiger charge is 2.43. The molecule has 2 aliphatic rings. The molecule has 0 radical (unpaired) electrons. The number of anilines is 1. The molecular formula is C21H17N3O4S. The molecule has 1 aliphatic carbocycles. The van der Waals surface area contributed by atoms with Gasteiger partial charge in [0, 0.05) is 4.88 Å². The van der Waals surface area contributed by atoms with Crippen molar-refractivity contribution in [2.24, 2.45) is 0 Å². The summed E-state index contributed by atoms with van der Waals surface area (Å²) in [5, 5.41) is 0.328. The van der Waals surface area contributed by atoms with E-state index >= 15 is 0 Å². The maximum atomic E-state index is 13.2. The third-order valence-corrected chi connectivity index (χ3v) is 6.49. The zero-order valence-corrected chi connectivity index (χ0v) is 16.5. The summed E-state index contributed by atoms with van der Waals surface area (Å²) in [7, 11) is 0. The Morgan fingerprint density at radius 1 is 1.07 bits per heavy atom. The largest absolute Gasteiger partial charge is 0.462 e. The molecule has 0 saturated carbocycles. The van der Waals surface area contributed by atoms with Crippen LogP contribution in [0.3, 0.4) is 0 Å². The van der Waals surface area contributed by atoms with Gasteiger partial charge in [-0.05, 0) is 50.3 Å². The van der Waals surface area contributed by atoms with Gasteiger partial charge >= 0.3 is 5.97 Å². The number of para-hydroxylation sites is 2. The van der Waals surface area contributed by atoms with E-state index in [-0.39, 0.29) is 18.0 Å². The molecule has 1 aromatic carbocycles. The second-order valence-corrected chi connectivity index (χ2v) is 8.05. The molecule has 0 bridgehead atoms. The molecule has 1 aliphatic heterocycles. The molecule has 2 aromatic heterocycles. The standard InChI is InChI=1S/C21H17N3O4S/c1-2-28-21(27)15-11-7-3-6-10-14(11)29-20(15)24-18(25)16-17(19(24)26)23-13-9-5-4-8-12(13)22-16/h4-5,8-9H,2-3,6-7,10H2,1H3. The Labute approximate surface area is 170 Å². The molecule has 0 unspecified atom stereocenters. The number of carbonyl (C=O) groups excluding carboxylic acids is 3. The Morgan fingerprint density at radius 2 is 1.69 bits per heavy atom. The van der Waals surface area contributed by atoms with Crippen LogP contribution in [-0.4, -0.2) is 34.4 Å². The van der Waals surface area contributed by atoms with Crippen LogP contribution in [0.5, 0.6) is 0 Å². The number of ether oxygens (including phenoxy) is 1. The van der Waals surface area contributed by atoms with E-state index in [1.165, 1.54) is 11.3 Å². The number of hydrogen-bond acceptors (Lipinski definition) is 7. The van der Waals surface area contributed by atoms with Gasteiger partial charge in [-0.15, -0.1) is 11.3 Å². The molecular weight excluding hydrogens is 390 g/mol. The Balaban J connectivity index is 1.67. The van der Waals surface area contributed by atoms with Crippen LogP contribution in [0.2, 0.25) is 0 Å². The SMILES string of the molecule is CCOC(=O)c1c(N2C(=O)c3nc4ccccc4nc3C2=O)sc2c1CCCC2. The van der Waals surface area contributed by atoms with Gasteiger partial charge in [0.2, 0.25) is 0 Å². The Bertz CT molecular complexity index is 1150. The first-order valence-corrected chi connectivity index (χ1v) is 10.4. The van der Waals surface area contributed by atoms with Crippen LogP contribution in [0, 0.1) is 0 Å². The number of fused-ring (bicyclic) bond motifs is 3. The molecule has 3 aromatic rings. The molecule has 2 amide bonds. The van der Waals surface area contributed by atoms with Crippen LogP contribution < -0.4 is 4.90 Å². The average molecular weight is 407 g/mol. The minimum atomic E-state index is -0.549. The Kier molecular flexibility index (Phi) is 4.16. The van der Waals surface area contributed by atoms with Crippen molar-refractivity contribution in [2.45, 2.75) is 32.6 Å². The minimum absolute atomic E-state index is 0.0230. The number of benzene rings is 1.